The first-order chi connectivity index (χ1) is 10.1. The second-order valence-electron chi connectivity index (χ2n) is 4.33. The van der Waals surface area contributed by atoms with Crippen LogP contribution >= 0.6 is 11.6 Å². The third-order valence-corrected chi connectivity index (χ3v) is 2.96. The van der Waals surface area contributed by atoms with Crippen LogP contribution in [0.4, 0.5) is 0 Å². The molecule has 0 fully saturated rings. The minimum absolute atomic E-state index is 0.0116. The van der Waals surface area contributed by atoms with Crippen LogP contribution in [0.15, 0.2) is 48.5 Å². The van der Waals surface area contributed by atoms with Gasteiger partial charge in [-0.3, -0.25) is 20.4 Å². The Balaban J connectivity index is 1.92. The fourth-order valence-electron chi connectivity index (χ4n) is 1.71. The van der Waals surface area contributed by atoms with E-state index in [4.69, 9.17) is 11.6 Å². The number of phenols is 1. The predicted molar refractivity (Wildman–Crippen MR) is 78.9 cm³/mol. The second kappa shape index (κ2) is 6.76. The topological polar surface area (TPSA) is 78.4 Å². The van der Waals surface area contributed by atoms with Gasteiger partial charge in [-0.1, -0.05) is 41.9 Å². The number of carbonyl (C=O) groups is 2. The number of amides is 2. The van der Waals surface area contributed by atoms with Crippen LogP contribution in [0.1, 0.15) is 15.9 Å². The summed E-state index contributed by atoms with van der Waals surface area (Å²) < 4.78 is 0. The number of halogens is 1. The van der Waals surface area contributed by atoms with Crippen LogP contribution in [-0.2, 0) is 11.2 Å². The van der Waals surface area contributed by atoms with Crippen molar-refractivity contribution in [3.05, 3.63) is 64.7 Å². The SMILES string of the molecule is O=C(Cc1ccccc1)NNC(=O)c1cc(Cl)ccc1O. The molecule has 2 amide bonds. The lowest BCUT2D eigenvalue weighted by Crippen LogP contribution is -2.42. The molecule has 2 aromatic carbocycles. The molecule has 0 unspecified atom stereocenters. The third kappa shape index (κ3) is 4.22. The van der Waals surface area contributed by atoms with E-state index in [1.54, 1.807) is 0 Å². The molecular weight excluding hydrogens is 292 g/mol. The van der Waals surface area contributed by atoms with Crippen molar-refractivity contribution in [2.75, 3.05) is 0 Å². The average molecular weight is 305 g/mol. The van der Waals surface area contributed by atoms with Crippen LogP contribution in [0.2, 0.25) is 5.02 Å². The molecular formula is C15H13ClN2O3. The van der Waals surface area contributed by atoms with Crippen molar-refractivity contribution in [1.29, 1.82) is 0 Å². The summed E-state index contributed by atoms with van der Waals surface area (Å²) in [5.41, 5.74) is 5.33. The number of hydrazine groups is 1. The van der Waals surface area contributed by atoms with E-state index < -0.39 is 5.91 Å². The van der Waals surface area contributed by atoms with Gasteiger partial charge in [0.2, 0.25) is 5.91 Å². The number of hydrogen-bond acceptors (Lipinski definition) is 3. The highest BCUT2D eigenvalue weighted by molar-refractivity contribution is 6.31. The van der Waals surface area contributed by atoms with Crippen LogP contribution in [0.5, 0.6) is 5.75 Å². The van der Waals surface area contributed by atoms with Crippen LogP contribution in [-0.4, -0.2) is 16.9 Å². The Labute approximate surface area is 126 Å². The molecule has 0 saturated carbocycles. The summed E-state index contributed by atoms with van der Waals surface area (Å²) in [6.45, 7) is 0. The summed E-state index contributed by atoms with van der Waals surface area (Å²) >= 11 is 5.75. The zero-order chi connectivity index (χ0) is 15.2. The smallest absolute Gasteiger partial charge is 0.273 e. The number of rotatable bonds is 3. The maximum absolute atomic E-state index is 11.8. The number of carbonyl (C=O) groups excluding carboxylic acids is 2. The van der Waals surface area contributed by atoms with E-state index in [0.29, 0.717) is 5.02 Å². The summed E-state index contributed by atoms with van der Waals surface area (Å²) in [5.74, 6) is -1.22. The summed E-state index contributed by atoms with van der Waals surface area (Å²) in [4.78, 5) is 23.5. The molecule has 21 heavy (non-hydrogen) atoms. The first kappa shape index (κ1) is 14.9. The molecule has 0 atom stereocenters. The van der Waals surface area contributed by atoms with Crippen molar-refractivity contribution in [1.82, 2.24) is 10.9 Å². The van der Waals surface area contributed by atoms with Gasteiger partial charge < -0.3 is 5.11 Å². The predicted octanol–water partition coefficient (Wildman–Crippen LogP) is 2.05. The molecule has 108 valence electrons. The highest BCUT2D eigenvalue weighted by atomic mass is 35.5. The quantitative estimate of drug-likeness (QED) is 0.759. The first-order valence-corrected chi connectivity index (χ1v) is 6.55. The van der Waals surface area contributed by atoms with Gasteiger partial charge in [0.15, 0.2) is 0 Å². The lowest BCUT2D eigenvalue weighted by molar-refractivity contribution is -0.121. The zero-order valence-electron chi connectivity index (χ0n) is 11.0. The lowest BCUT2D eigenvalue weighted by Gasteiger charge is -2.08. The van der Waals surface area contributed by atoms with Crippen LogP contribution < -0.4 is 10.9 Å². The largest absolute Gasteiger partial charge is 0.507 e. The Morgan fingerprint density at radius 2 is 1.76 bits per heavy atom. The third-order valence-electron chi connectivity index (χ3n) is 2.73. The number of nitrogens with one attached hydrogen (secondary N) is 2. The van der Waals surface area contributed by atoms with Crippen molar-refractivity contribution in [3.8, 4) is 5.75 Å². The normalized spacial score (nSPS) is 9.95. The fraction of sp³-hybridized carbons (Fsp3) is 0.0667. The fourth-order valence-corrected chi connectivity index (χ4v) is 1.88. The number of phenolic OH excluding ortho intramolecular Hbond substituents is 1. The Kier molecular flexibility index (Phi) is 4.79. The highest BCUT2D eigenvalue weighted by Crippen LogP contribution is 2.20. The molecule has 0 bridgehead atoms. The van der Waals surface area contributed by atoms with E-state index in [2.05, 4.69) is 10.9 Å². The van der Waals surface area contributed by atoms with Crippen molar-refractivity contribution >= 4 is 23.4 Å². The van der Waals surface area contributed by atoms with Crippen LogP contribution in [0.25, 0.3) is 0 Å². The van der Waals surface area contributed by atoms with Gasteiger partial charge in [-0.2, -0.15) is 0 Å². The maximum atomic E-state index is 11.8. The molecule has 0 saturated heterocycles. The van der Waals surface area contributed by atoms with E-state index in [1.165, 1.54) is 18.2 Å². The van der Waals surface area contributed by atoms with Gasteiger partial charge >= 0.3 is 0 Å². The van der Waals surface area contributed by atoms with E-state index >= 15 is 0 Å². The molecule has 0 radical (unpaired) electrons. The van der Waals surface area contributed by atoms with Gasteiger partial charge in [-0.15, -0.1) is 0 Å². The Bertz CT molecular complexity index is 659. The molecule has 3 N–H and O–H groups in total. The van der Waals surface area contributed by atoms with E-state index in [9.17, 15) is 14.7 Å². The highest BCUT2D eigenvalue weighted by Gasteiger charge is 2.12. The minimum atomic E-state index is -0.642. The summed E-state index contributed by atoms with van der Waals surface area (Å²) in [6.07, 6.45) is 0.142. The van der Waals surface area contributed by atoms with E-state index in [1.807, 2.05) is 30.3 Å². The Morgan fingerprint density at radius 3 is 2.48 bits per heavy atom. The summed E-state index contributed by atoms with van der Waals surface area (Å²) in [5, 5.41) is 9.89. The van der Waals surface area contributed by atoms with Gasteiger partial charge in [0.05, 0.1) is 12.0 Å². The lowest BCUT2D eigenvalue weighted by atomic mass is 10.1. The van der Waals surface area contributed by atoms with Crippen molar-refractivity contribution in [2.24, 2.45) is 0 Å². The molecule has 2 rings (SSSR count). The van der Waals surface area contributed by atoms with Crippen LogP contribution in [0.3, 0.4) is 0 Å². The van der Waals surface area contributed by atoms with Crippen molar-refractivity contribution in [3.63, 3.8) is 0 Å². The maximum Gasteiger partial charge on any atom is 0.273 e. The van der Waals surface area contributed by atoms with Gasteiger partial charge in [-0.05, 0) is 23.8 Å². The standard InChI is InChI=1S/C15H13ClN2O3/c16-11-6-7-13(19)12(9-11)15(21)18-17-14(20)8-10-4-2-1-3-5-10/h1-7,9,19H,8H2,(H,17,20)(H,18,21). The van der Waals surface area contributed by atoms with Crippen LogP contribution in [0, 0.1) is 0 Å². The van der Waals surface area contributed by atoms with E-state index in [0.717, 1.165) is 5.56 Å². The van der Waals surface area contributed by atoms with E-state index in [-0.39, 0.29) is 23.6 Å². The van der Waals surface area contributed by atoms with Gasteiger partial charge in [0.25, 0.3) is 5.91 Å². The average Bonchev–Trinajstić information content (AvgIpc) is 2.48. The summed E-state index contributed by atoms with van der Waals surface area (Å²) in [7, 11) is 0. The molecule has 0 aliphatic carbocycles. The van der Waals surface area contributed by atoms with Crippen molar-refractivity contribution in [2.45, 2.75) is 6.42 Å². The first-order valence-electron chi connectivity index (χ1n) is 6.18. The molecule has 0 aromatic heterocycles. The van der Waals surface area contributed by atoms with Crippen molar-refractivity contribution < 1.29 is 14.7 Å². The molecule has 0 aliphatic heterocycles. The zero-order valence-corrected chi connectivity index (χ0v) is 11.7. The molecule has 0 spiro atoms. The number of hydrogen-bond donors (Lipinski definition) is 3. The molecule has 0 heterocycles. The monoisotopic (exact) mass is 304 g/mol. The minimum Gasteiger partial charge on any atom is -0.507 e. The van der Waals surface area contributed by atoms with Gasteiger partial charge in [0, 0.05) is 5.02 Å². The second-order valence-corrected chi connectivity index (χ2v) is 4.76. The Hall–Kier alpha value is -2.53. The molecule has 0 aliphatic rings. The number of aromatic hydroxyl groups is 1. The molecule has 5 nitrogen and oxygen atoms in total. The molecule has 2 aromatic rings. The van der Waals surface area contributed by atoms with Gasteiger partial charge in [-0.25, -0.2) is 0 Å². The summed E-state index contributed by atoms with van der Waals surface area (Å²) in [6, 6.07) is 13.2. The Morgan fingerprint density at radius 1 is 1.05 bits per heavy atom. The number of benzene rings is 2. The van der Waals surface area contributed by atoms with Gasteiger partial charge in [0.1, 0.15) is 5.75 Å². The molecule has 6 heteroatoms.